The number of benzene rings is 1. The van der Waals surface area contributed by atoms with Crippen molar-refractivity contribution in [2.24, 2.45) is 11.8 Å². The number of nitrogens with zero attached hydrogens (tertiary/aromatic N) is 1. The van der Waals surface area contributed by atoms with E-state index in [1.807, 2.05) is 19.9 Å². The highest BCUT2D eigenvalue weighted by Crippen LogP contribution is 2.51. The Morgan fingerprint density at radius 2 is 1.90 bits per heavy atom. The normalized spacial score (nSPS) is 33.0. The van der Waals surface area contributed by atoms with Crippen LogP contribution < -0.4 is 10.6 Å². The number of anilines is 1. The van der Waals surface area contributed by atoms with Gasteiger partial charge in [-0.3, -0.25) is 19.3 Å². The molecule has 1 aliphatic carbocycles. The Kier molecular flexibility index (Phi) is 4.74. The van der Waals surface area contributed by atoms with Crippen LogP contribution in [0.5, 0.6) is 0 Å². The first kappa shape index (κ1) is 20.1. The number of nitrogens with one attached hydrogen (secondary N) is 1. The number of aryl methyl sites for hydroxylation is 2. The molecule has 0 radical (unpaired) electrons. The summed E-state index contributed by atoms with van der Waals surface area (Å²) in [5.74, 6) is -0.416. The first-order valence-corrected chi connectivity index (χ1v) is 12.4. The Morgan fingerprint density at radius 3 is 2.60 bits per heavy atom. The fourth-order valence-corrected chi connectivity index (χ4v) is 6.99. The van der Waals surface area contributed by atoms with E-state index in [9.17, 15) is 14.4 Å². The molecule has 1 spiro atoms. The Balaban J connectivity index is 1.65. The van der Waals surface area contributed by atoms with Crippen molar-refractivity contribution in [2.75, 3.05) is 17.3 Å². The minimum absolute atomic E-state index is 0.0111. The lowest BCUT2D eigenvalue weighted by Crippen LogP contribution is -2.99. The highest BCUT2D eigenvalue weighted by Gasteiger charge is 2.74. The van der Waals surface area contributed by atoms with E-state index in [0.29, 0.717) is 0 Å². The zero-order chi connectivity index (χ0) is 21.2. The van der Waals surface area contributed by atoms with Gasteiger partial charge < -0.3 is 10.6 Å². The maximum atomic E-state index is 13.8. The van der Waals surface area contributed by atoms with Gasteiger partial charge in [-0.1, -0.05) is 24.5 Å². The standard InChI is InChI=1S/C23H29N3O3S/c1-12-10-13(2)19-15(11-12)23(22(29)24-19)18-17(16(25-23)8-9-30-3)20(27)26(21(18)28)14-6-4-5-7-14/h10-11,14,16-18,25H,4-9H2,1-3H3,(H,24,29)/p+1/t16-,17+,18-,23-/m0/s1. The van der Waals surface area contributed by atoms with Gasteiger partial charge in [-0.2, -0.15) is 11.8 Å². The van der Waals surface area contributed by atoms with Crippen LogP contribution in [0.1, 0.15) is 48.8 Å². The first-order valence-electron chi connectivity index (χ1n) is 11.0. The molecule has 3 aliphatic heterocycles. The summed E-state index contributed by atoms with van der Waals surface area (Å²) in [7, 11) is 0. The lowest BCUT2D eigenvalue weighted by molar-refractivity contribution is -0.733. The molecule has 3 amide bonds. The lowest BCUT2D eigenvalue weighted by atomic mass is 9.76. The molecule has 5 rings (SSSR count). The largest absolute Gasteiger partial charge is 0.326 e. The maximum absolute atomic E-state index is 13.8. The molecular weight excluding hydrogens is 398 g/mol. The molecule has 30 heavy (non-hydrogen) atoms. The number of hydrogen-bond donors (Lipinski definition) is 2. The average Bonchev–Trinajstić information content (AvgIpc) is 3.44. The molecule has 3 fully saturated rings. The summed E-state index contributed by atoms with van der Waals surface area (Å²) in [6.45, 7) is 4.02. The summed E-state index contributed by atoms with van der Waals surface area (Å²) in [6, 6.07) is 4.06. The van der Waals surface area contributed by atoms with Crippen LogP contribution >= 0.6 is 11.8 Å². The van der Waals surface area contributed by atoms with E-state index in [1.54, 1.807) is 16.7 Å². The van der Waals surface area contributed by atoms with Crippen molar-refractivity contribution in [3.05, 3.63) is 28.8 Å². The minimum Gasteiger partial charge on any atom is -0.326 e. The Hall–Kier alpha value is -1.86. The van der Waals surface area contributed by atoms with Gasteiger partial charge >= 0.3 is 0 Å². The zero-order valence-corrected chi connectivity index (χ0v) is 18.7. The van der Waals surface area contributed by atoms with Crippen LogP contribution in [0.15, 0.2) is 12.1 Å². The summed E-state index contributed by atoms with van der Waals surface area (Å²) in [5, 5.41) is 5.15. The molecule has 6 nitrogen and oxygen atoms in total. The molecule has 7 heteroatoms. The number of imide groups is 1. The number of thioether (sulfide) groups is 1. The van der Waals surface area contributed by atoms with E-state index >= 15 is 0 Å². The van der Waals surface area contributed by atoms with Crippen LogP contribution in [-0.4, -0.2) is 46.7 Å². The van der Waals surface area contributed by atoms with Crippen molar-refractivity contribution < 1.29 is 19.7 Å². The van der Waals surface area contributed by atoms with Crippen LogP contribution in [0, 0.1) is 25.7 Å². The molecule has 1 aromatic carbocycles. The second kappa shape index (κ2) is 7.09. The predicted octanol–water partition coefficient (Wildman–Crippen LogP) is 1.69. The highest BCUT2D eigenvalue weighted by atomic mass is 32.2. The highest BCUT2D eigenvalue weighted by molar-refractivity contribution is 7.98. The van der Waals surface area contributed by atoms with Gasteiger partial charge in [0.15, 0.2) is 0 Å². The molecule has 0 aromatic heterocycles. The number of hydrogen-bond acceptors (Lipinski definition) is 4. The molecule has 0 unspecified atom stereocenters. The van der Waals surface area contributed by atoms with E-state index in [-0.39, 0.29) is 29.8 Å². The van der Waals surface area contributed by atoms with E-state index < -0.39 is 17.4 Å². The smallest absolute Gasteiger partial charge is 0.291 e. The first-order chi connectivity index (χ1) is 14.4. The number of carbonyl (C=O) groups is 3. The minimum atomic E-state index is -1.03. The van der Waals surface area contributed by atoms with Crippen molar-refractivity contribution in [2.45, 2.75) is 63.6 Å². The molecule has 2 saturated heterocycles. The van der Waals surface area contributed by atoms with Crippen LogP contribution in [0.25, 0.3) is 0 Å². The van der Waals surface area contributed by atoms with E-state index in [0.717, 1.165) is 60.2 Å². The Bertz CT molecular complexity index is 942. The molecule has 3 N–H and O–H groups in total. The van der Waals surface area contributed by atoms with Crippen LogP contribution in [0.2, 0.25) is 0 Å². The topological polar surface area (TPSA) is 83.1 Å². The number of quaternary nitrogens is 1. The summed E-state index contributed by atoms with van der Waals surface area (Å²) in [4.78, 5) is 42.5. The van der Waals surface area contributed by atoms with Gasteiger partial charge in [-0.25, -0.2) is 0 Å². The van der Waals surface area contributed by atoms with Gasteiger partial charge in [-0.05, 0) is 50.3 Å². The average molecular weight is 429 g/mol. The van der Waals surface area contributed by atoms with E-state index in [2.05, 4.69) is 23.0 Å². The quantitative estimate of drug-likeness (QED) is 0.715. The maximum Gasteiger partial charge on any atom is 0.291 e. The number of likely N-dealkylation sites (tertiary alicyclic amines) is 1. The fraction of sp³-hybridized carbons (Fsp3) is 0.609. The van der Waals surface area contributed by atoms with Crippen molar-refractivity contribution in [3.63, 3.8) is 0 Å². The summed E-state index contributed by atoms with van der Waals surface area (Å²) < 4.78 is 0. The van der Waals surface area contributed by atoms with Gasteiger partial charge in [0.05, 0.1) is 5.69 Å². The molecule has 4 aliphatic rings. The van der Waals surface area contributed by atoms with Gasteiger partial charge in [0.2, 0.25) is 17.4 Å². The van der Waals surface area contributed by atoms with Crippen molar-refractivity contribution >= 4 is 35.2 Å². The van der Waals surface area contributed by atoms with Gasteiger partial charge in [-0.15, -0.1) is 0 Å². The second-order valence-electron chi connectivity index (χ2n) is 9.43. The monoisotopic (exact) mass is 428 g/mol. The summed E-state index contributed by atoms with van der Waals surface area (Å²) >= 11 is 1.74. The zero-order valence-electron chi connectivity index (χ0n) is 17.9. The Morgan fingerprint density at radius 1 is 1.17 bits per heavy atom. The fourth-order valence-electron chi connectivity index (χ4n) is 6.48. The van der Waals surface area contributed by atoms with Crippen LogP contribution in [0.3, 0.4) is 0 Å². The SMILES string of the molecule is CSCC[C@@H]1[NH2+][C@]2(C(=O)Nc3c(C)cc(C)cc32)[C@@H]2C(=O)N(C3CCCC3)C(=O)[C@H]12. The molecular formula is C23H30N3O3S+. The molecule has 1 aromatic rings. The number of rotatable bonds is 4. The number of fused-ring (bicyclic) bond motifs is 4. The number of carbonyl (C=O) groups excluding carboxylic acids is 3. The van der Waals surface area contributed by atoms with Crippen LogP contribution in [0.4, 0.5) is 5.69 Å². The van der Waals surface area contributed by atoms with E-state index in [4.69, 9.17) is 0 Å². The van der Waals surface area contributed by atoms with Gasteiger partial charge in [0.1, 0.15) is 17.9 Å². The van der Waals surface area contributed by atoms with Crippen molar-refractivity contribution in [1.29, 1.82) is 0 Å². The molecule has 0 bridgehead atoms. The third kappa shape index (κ3) is 2.57. The number of amides is 3. The third-order valence-electron chi connectivity index (χ3n) is 7.70. The summed E-state index contributed by atoms with van der Waals surface area (Å²) in [6.07, 6.45) is 6.78. The molecule has 160 valence electrons. The lowest BCUT2D eigenvalue weighted by Gasteiger charge is -2.29. The van der Waals surface area contributed by atoms with E-state index in [1.165, 1.54) is 0 Å². The van der Waals surface area contributed by atoms with Crippen molar-refractivity contribution in [3.8, 4) is 0 Å². The molecule has 3 heterocycles. The Labute approximate surface area is 181 Å². The summed E-state index contributed by atoms with van der Waals surface area (Å²) in [5.41, 5.74) is 2.77. The van der Waals surface area contributed by atoms with Gasteiger partial charge in [0, 0.05) is 18.0 Å². The molecule has 1 saturated carbocycles. The second-order valence-corrected chi connectivity index (χ2v) is 10.4. The molecule has 4 atom stereocenters. The third-order valence-corrected chi connectivity index (χ3v) is 8.34. The van der Waals surface area contributed by atoms with Crippen molar-refractivity contribution in [1.82, 2.24) is 4.90 Å². The predicted molar refractivity (Wildman–Crippen MR) is 116 cm³/mol. The number of nitrogens with two attached hydrogens (primary N) is 1. The van der Waals surface area contributed by atoms with Crippen LogP contribution in [-0.2, 0) is 19.9 Å². The van der Waals surface area contributed by atoms with Gasteiger partial charge in [0.25, 0.3) is 5.91 Å².